The molecule has 2 aromatic heterocycles. The van der Waals surface area contributed by atoms with Crippen LogP contribution in [0.25, 0.3) is 0 Å². The Hall–Kier alpha value is -2.58. The van der Waals surface area contributed by atoms with E-state index in [9.17, 15) is 4.79 Å². The molecule has 2 aliphatic rings. The Bertz CT molecular complexity index is 924. The lowest BCUT2D eigenvalue weighted by atomic mass is 9.93. The van der Waals surface area contributed by atoms with Crippen LogP contribution < -0.4 is 5.32 Å². The van der Waals surface area contributed by atoms with E-state index >= 15 is 0 Å². The fourth-order valence-corrected chi connectivity index (χ4v) is 4.61. The van der Waals surface area contributed by atoms with Crippen LogP contribution in [0.2, 0.25) is 0 Å². The largest absolute Gasteiger partial charge is 0.378 e. The predicted octanol–water partition coefficient (Wildman–Crippen LogP) is 2.97. The van der Waals surface area contributed by atoms with Gasteiger partial charge in [-0.3, -0.25) is 9.78 Å². The molecule has 4 rings (SSSR count). The Labute approximate surface area is 190 Å². The summed E-state index contributed by atoms with van der Waals surface area (Å²) < 4.78 is 5.35. The van der Waals surface area contributed by atoms with Gasteiger partial charge in [0.1, 0.15) is 0 Å². The van der Waals surface area contributed by atoms with Crippen molar-refractivity contribution in [2.75, 3.05) is 51.3 Å². The van der Waals surface area contributed by atoms with E-state index in [1.54, 1.807) is 0 Å². The second-order valence-corrected chi connectivity index (χ2v) is 8.90. The van der Waals surface area contributed by atoms with Crippen LogP contribution in [0.4, 0.5) is 11.6 Å². The van der Waals surface area contributed by atoms with Crippen LogP contribution in [0.3, 0.4) is 0 Å². The van der Waals surface area contributed by atoms with E-state index in [1.807, 2.05) is 37.8 Å². The van der Waals surface area contributed by atoms with Crippen LogP contribution in [-0.4, -0.2) is 76.6 Å². The standard InChI is InChI=1S/C24H34N6O2/c1-17-13-18(2)27-24(26-17)28-21-14-19(3)25-22(15-21)20-5-4-7-29(16-20)8-6-23(31)30-9-11-32-12-10-30/h13-15,20H,4-12,16H2,1-3H3,(H,25,26,27,28)/t20-/m1/s1. The summed E-state index contributed by atoms with van der Waals surface area (Å²) in [6.07, 6.45) is 2.81. The quantitative estimate of drug-likeness (QED) is 0.742. The van der Waals surface area contributed by atoms with Crippen LogP contribution in [0.1, 0.15) is 48.0 Å². The van der Waals surface area contributed by atoms with Crippen molar-refractivity contribution in [3.05, 3.63) is 41.0 Å². The summed E-state index contributed by atoms with van der Waals surface area (Å²) in [5, 5.41) is 3.36. The van der Waals surface area contributed by atoms with E-state index in [0.717, 1.165) is 60.9 Å². The molecule has 2 saturated heterocycles. The molecule has 32 heavy (non-hydrogen) atoms. The number of aromatic nitrogens is 3. The third-order valence-electron chi connectivity index (χ3n) is 6.14. The summed E-state index contributed by atoms with van der Waals surface area (Å²) in [6, 6.07) is 6.13. The van der Waals surface area contributed by atoms with E-state index in [1.165, 1.54) is 0 Å². The van der Waals surface area contributed by atoms with E-state index in [0.29, 0.717) is 44.6 Å². The number of hydrogen-bond acceptors (Lipinski definition) is 7. The molecule has 8 heteroatoms. The zero-order valence-corrected chi connectivity index (χ0v) is 19.4. The van der Waals surface area contributed by atoms with Crippen molar-refractivity contribution in [3.63, 3.8) is 0 Å². The molecule has 2 aliphatic heterocycles. The maximum atomic E-state index is 12.5. The second kappa shape index (κ2) is 10.4. The molecule has 172 valence electrons. The lowest BCUT2D eigenvalue weighted by Gasteiger charge is -2.33. The van der Waals surface area contributed by atoms with Crippen molar-refractivity contribution in [3.8, 4) is 0 Å². The first-order valence-electron chi connectivity index (χ1n) is 11.6. The molecule has 0 radical (unpaired) electrons. The number of nitrogens with zero attached hydrogens (tertiary/aromatic N) is 5. The first-order chi connectivity index (χ1) is 15.5. The fraction of sp³-hybridized carbons (Fsp3) is 0.583. The van der Waals surface area contributed by atoms with Gasteiger partial charge in [-0.2, -0.15) is 0 Å². The number of morpholine rings is 1. The summed E-state index contributed by atoms with van der Waals surface area (Å²) in [5.41, 5.74) is 4.94. The molecular formula is C24H34N6O2. The van der Waals surface area contributed by atoms with Crippen molar-refractivity contribution in [2.24, 2.45) is 0 Å². The van der Waals surface area contributed by atoms with Crippen LogP contribution >= 0.6 is 0 Å². The van der Waals surface area contributed by atoms with Crippen LogP contribution in [0.5, 0.6) is 0 Å². The molecule has 8 nitrogen and oxygen atoms in total. The second-order valence-electron chi connectivity index (χ2n) is 8.90. The van der Waals surface area contributed by atoms with Crippen LogP contribution in [0.15, 0.2) is 18.2 Å². The molecule has 0 bridgehead atoms. The Morgan fingerprint density at radius 3 is 2.50 bits per heavy atom. The normalized spacial score (nSPS) is 19.7. The molecule has 0 spiro atoms. The van der Waals surface area contributed by atoms with Gasteiger partial charge in [0.2, 0.25) is 11.9 Å². The molecule has 2 aromatic rings. The minimum atomic E-state index is 0.240. The van der Waals surface area contributed by atoms with E-state index in [4.69, 9.17) is 9.72 Å². The summed E-state index contributed by atoms with van der Waals surface area (Å²) >= 11 is 0. The number of likely N-dealkylation sites (tertiary alicyclic amines) is 1. The average Bonchev–Trinajstić information content (AvgIpc) is 2.77. The highest BCUT2D eigenvalue weighted by molar-refractivity contribution is 5.76. The van der Waals surface area contributed by atoms with Gasteiger partial charge in [0.15, 0.2) is 0 Å². The molecule has 1 atom stereocenters. The number of hydrogen-bond donors (Lipinski definition) is 1. The monoisotopic (exact) mass is 438 g/mol. The van der Waals surface area contributed by atoms with Crippen LogP contribution in [-0.2, 0) is 9.53 Å². The van der Waals surface area contributed by atoms with Crippen molar-refractivity contribution in [1.29, 1.82) is 0 Å². The highest BCUT2D eigenvalue weighted by Crippen LogP contribution is 2.28. The molecule has 2 fully saturated rings. The van der Waals surface area contributed by atoms with Crippen molar-refractivity contribution < 1.29 is 9.53 Å². The predicted molar refractivity (Wildman–Crippen MR) is 124 cm³/mol. The van der Waals surface area contributed by atoms with Gasteiger partial charge in [0.05, 0.1) is 13.2 Å². The molecule has 1 N–H and O–H groups in total. The van der Waals surface area contributed by atoms with Gasteiger partial charge in [-0.25, -0.2) is 9.97 Å². The fourth-order valence-electron chi connectivity index (χ4n) is 4.61. The van der Waals surface area contributed by atoms with Gasteiger partial charge in [0.25, 0.3) is 0 Å². The summed E-state index contributed by atoms with van der Waals surface area (Å²) in [5.74, 6) is 1.22. The third-order valence-corrected chi connectivity index (χ3v) is 6.14. The first-order valence-corrected chi connectivity index (χ1v) is 11.6. The van der Waals surface area contributed by atoms with Gasteiger partial charge in [-0.15, -0.1) is 0 Å². The van der Waals surface area contributed by atoms with Gasteiger partial charge in [-0.05, 0) is 58.4 Å². The minimum Gasteiger partial charge on any atom is -0.378 e. The first kappa shape index (κ1) is 22.6. The molecule has 1 amide bonds. The topological polar surface area (TPSA) is 83.5 Å². The summed E-state index contributed by atoms with van der Waals surface area (Å²) in [4.78, 5) is 30.7. The lowest BCUT2D eigenvalue weighted by molar-refractivity contribution is -0.135. The number of anilines is 2. The molecule has 0 saturated carbocycles. The molecule has 4 heterocycles. The zero-order chi connectivity index (χ0) is 22.5. The maximum Gasteiger partial charge on any atom is 0.227 e. The molecule has 0 aromatic carbocycles. The van der Waals surface area contributed by atoms with Crippen molar-refractivity contribution in [2.45, 2.75) is 46.0 Å². The third kappa shape index (κ3) is 6.01. The zero-order valence-electron chi connectivity index (χ0n) is 19.4. The Kier molecular flexibility index (Phi) is 7.32. The van der Waals surface area contributed by atoms with Gasteiger partial charge < -0.3 is 19.9 Å². The number of piperidine rings is 1. The lowest BCUT2D eigenvalue weighted by Crippen LogP contribution is -2.43. The summed E-state index contributed by atoms with van der Waals surface area (Å²) in [7, 11) is 0. The number of amides is 1. The van der Waals surface area contributed by atoms with E-state index in [-0.39, 0.29) is 5.91 Å². The number of ether oxygens (including phenoxy) is 1. The Morgan fingerprint density at radius 1 is 1.03 bits per heavy atom. The number of nitrogens with one attached hydrogen (secondary N) is 1. The van der Waals surface area contributed by atoms with Gasteiger partial charge in [-0.1, -0.05) is 0 Å². The number of aryl methyl sites for hydroxylation is 3. The maximum absolute atomic E-state index is 12.5. The van der Waals surface area contributed by atoms with E-state index in [2.05, 4.69) is 26.3 Å². The van der Waals surface area contributed by atoms with Crippen LogP contribution in [0, 0.1) is 20.8 Å². The number of rotatable bonds is 6. The SMILES string of the molecule is Cc1cc(Nc2nc(C)cc(C)n2)cc([C@@H]2CCCN(CCC(=O)N3CCOCC3)C2)n1. The molecule has 0 aliphatic carbocycles. The average molecular weight is 439 g/mol. The summed E-state index contributed by atoms with van der Waals surface area (Å²) in [6.45, 7) is 11.5. The number of pyridine rings is 1. The van der Waals surface area contributed by atoms with Crippen molar-refractivity contribution >= 4 is 17.5 Å². The molecule has 0 unspecified atom stereocenters. The van der Waals surface area contributed by atoms with Gasteiger partial charge in [0, 0.05) is 67.0 Å². The number of carbonyl (C=O) groups is 1. The Balaban J connectivity index is 1.38. The Morgan fingerprint density at radius 2 is 1.75 bits per heavy atom. The molecular weight excluding hydrogens is 404 g/mol. The smallest absolute Gasteiger partial charge is 0.227 e. The van der Waals surface area contributed by atoms with E-state index < -0.39 is 0 Å². The van der Waals surface area contributed by atoms with Crippen molar-refractivity contribution in [1.82, 2.24) is 24.8 Å². The highest BCUT2D eigenvalue weighted by atomic mass is 16.5. The van der Waals surface area contributed by atoms with Gasteiger partial charge >= 0.3 is 0 Å². The minimum absolute atomic E-state index is 0.240. The highest BCUT2D eigenvalue weighted by Gasteiger charge is 2.24. The number of carbonyl (C=O) groups excluding carboxylic acids is 1.